The Morgan fingerprint density at radius 2 is 1.88 bits per heavy atom. The van der Waals surface area contributed by atoms with Crippen molar-refractivity contribution in [3.63, 3.8) is 0 Å². The van der Waals surface area contributed by atoms with Crippen LogP contribution in [0.2, 0.25) is 0 Å². The highest BCUT2D eigenvalue weighted by molar-refractivity contribution is 5.77. The van der Waals surface area contributed by atoms with E-state index in [1.807, 2.05) is 12.1 Å². The molecular weight excluding hydrogens is 217 g/mol. The highest BCUT2D eigenvalue weighted by atomic mass is 19.1. The minimum Gasteiger partial charge on any atom is -0.384 e. The average Bonchev–Trinajstić information content (AvgIpc) is 2.80. The van der Waals surface area contributed by atoms with E-state index >= 15 is 0 Å². The lowest BCUT2D eigenvalue weighted by molar-refractivity contribution is 0.631. The van der Waals surface area contributed by atoms with Crippen LogP contribution >= 0.6 is 0 Å². The van der Waals surface area contributed by atoms with Crippen molar-refractivity contribution >= 4 is 11.3 Å². The SMILES string of the molecule is Nc1c(-c2ccccc2F)ccc2cncn12. The summed E-state index contributed by atoms with van der Waals surface area (Å²) in [5.41, 5.74) is 8.09. The molecule has 0 atom stereocenters. The standard InChI is InChI=1S/C13H10FN3/c14-12-4-2-1-3-10(12)11-6-5-9-7-16-8-17(9)13(11)15/h1-8H,15H2. The highest BCUT2D eigenvalue weighted by Gasteiger charge is 2.10. The van der Waals surface area contributed by atoms with Gasteiger partial charge >= 0.3 is 0 Å². The Morgan fingerprint density at radius 1 is 1.06 bits per heavy atom. The lowest BCUT2D eigenvalue weighted by Crippen LogP contribution is -1.99. The fraction of sp³-hybridized carbons (Fsp3) is 0. The molecule has 0 radical (unpaired) electrons. The number of hydrogen-bond acceptors (Lipinski definition) is 2. The molecule has 0 aliphatic carbocycles. The summed E-state index contributed by atoms with van der Waals surface area (Å²) in [6, 6.07) is 10.3. The normalized spacial score (nSPS) is 10.9. The zero-order valence-electron chi connectivity index (χ0n) is 8.97. The molecule has 3 aromatic rings. The third-order valence-electron chi connectivity index (χ3n) is 2.79. The lowest BCUT2D eigenvalue weighted by atomic mass is 10.1. The molecule has 0 unspecified atom stereocenters. The first-order valence-corrected chi connectivity index (χ1v) is 5.23. The van der Waals surface area contributed by atoms with Gasteiger partial charge in [-0.15, -0.1) is 0 Å². The molecule has 17 heavy (non-hydrogen) atoms. The number of benzene rings is 1. The van der Waals surface area contributed by atoms with Gasteiger partial charge in [0, 0.05) is 11.1 Å². The number of nitrogens with zero attached hydrogens (tertiary/aromatic N) is 2. The Kier molecular flexibility index (Phi) is 2.08. The number of pyridine rings is 1. The maximum absolute atomic E-state index is 13.7. The molecule has 2 N–H and O–H groups in total. The maximum Gasteiger partial charge on any atom is 0.131 e. The second-order valence-corrected chi connectivity index (χ2v) is 3.80. The monoisotopic (exact) mass is 227 g/mol. The molecule has 0 aliphatic heterocycles. The summed E-state index contributed by atoms with van der Waals surface area (Å²) in [7, 11) is 0. The Bertz CT molecular complexity index is 688. The van der Waals surface area contributed by atoms with Crippen LogP contribution in [-0.2, 0) is 0 Å². The minimum absolute atomic E-state index is 0.279. The van der Waals surface area contributed by atoms with Crippen molar-refractivity contribution in [2.45, 2.75) is 0 Å². The molecule has 84 valence electrons. The smallest absolute Gasteiger partial charge is 0.131 e. The van der Waals surface area contributed by atoms with E-state index in [1.165, 1.54) is 6.07 Å². The van der Waals surface area contributed by atoms with Crippen LogP contribution in [0.1, 0.15) is 0 Å². The van der Waals surface area contributed by atoms with Gasteiger partial charge in [0.05, 0.1) is 11.7 Å². The second-order valence-electron chi connectivity index (χ2n) is 3.80. The molecule has 1 aromatic carbocycles. The van der Waals surface area contributed by atoms with Gasteiger partial charge in [-0.1, -0.05) is 18.2 Å². The average molecular weight is 227 g/mol. The number of aromatic nitrogens is 2. The van der Waals surface area contributed by atoms with Crippen molar-refractivity contribution in [2.75, 3.05) is 5.73 Å². The predicted molar refractivity (Wildman–Crippen MR) is 65.0 cm³/mol. The van der Waals surface area contributed by atoms with Gasteiger partial charge in [-0.2, -0.15) is 0 Å². The van der Waals surface area contributed by atoms with Gasteiger partial charge in [-0.05, 0) is 18.2 Å². The molecule has 0 bridgehead atoms. The van der Waals surface area contributed by atoms with Crippen molar-refractivity contribution < 1.29 is 4.39 Å². The number of anilines is 1. The zero-order valence-corrected chi connectivity index (χ0v) is 8.97. The quantitative estimate of drug-likeness (QED) is 0.694. The first kappa shape index (κ1) is 9.84. The number of imidazole rings is 1. The van der Waals surface area contributed by atoms with Gasteiger partial charge in [0.25, 0.3) is 0 Å². The molecule has 0 saturated heterocycles. The van der Waals surface area contributed by atoms with E-state index < -0.39 is 0 Å². The van der Waals surface area contributed by atoms with E-state index in [2.05, 4.69) is 4.98 Å². The van der Waals surface area contributed by atoms with E-state index in [9.17, 15) is 4.39 Å². The topological polar surface area (TPSA) is 43.3 Å². The van der Waals surface area contributed by atoms with E-state index in [0.29, 0.717) is 16.9 Å². The van der Waals surface area contributed by atoms with Gasteiger partial charge in [0.1, 0.15) is 18.0 Å². The summed E-state index contributed by atoms with van der Waals surface area (Å²) in [6.45, 7) is 0. The van der Waals surface area contributed by atoms with Gasteiger partial charge in [0.2, 0.25) is 0 Å². The van der Waals surface area contributed by atoms with Crippen LogP contribution in [0.25, 0.3) is 16.6 Å². The molecule has 0 fully saturated rings. The Hall–Kier alpha value is -2.36. The van der Waals surface area contributed by atoms with Crippen molar-refractivity contribution in [2.24, 2.45) is 0 Å². The molecular formula is C13H10FN3. The molecule has 2 aromatic heterocycles. The summed E-state index contributed by atoms with van der Waals surface area (Å²) in [5, 5.41) is 0. The Balaban J connectivity index is 2.31. The summed E-state index contributed by atoms with van der Waals surface area (Å²) < 4.78 is 15.4. The van der Waals surface area contributed by atoms with E-state index in [4.69, 9.17) is 5.73 Å². The number of rotatable bonds is 1. The molecule has 0 aliphatic rings. The van der Waals surface area contributed by atoms with Crippen LogP contribution in [0.5, 0.6) is 0 Å². The first-order valence-electron chi connectivity index (χ1n) is 5.23. The van der Waals surface area contributed by atoms with Crippen LogP contribution in [0.3, 0.4) is 0 Å². The van der Waals surface area contributed by atoms with Crippen molar-refractivity contribution in [1.29, 1.82) is 0 Å². The highest BCUT2D eigenvalue weighted by Crippen LogP contribution is 2.28. The number of nitrogen functional groups attached to an aromatic ring is 1. The molecule has 2 heterocycles. The van der Waals surface area contributed by atoms with Crippen molar-refractivity contribution in [3.8, 4) is 11.1 Å². The number of nitrogens with two attached hydrogens (primary N) is 1. The summed E-state index contributed by atoms with van der Waals surface area (Å²) in [4.78, 5) is 4.01. The molecule has 3 nitrogen and oxygen atoms in total. The summed E-state index contributed by atoms with van der Waals surface area (Å²) >= 11 is 0. The Morgan fingerprint density at radius 3 is 2.71 bits per heavy atom. The molecule has 0 saturated carbocycles. The fourth-order valence-electron chi connectivity index (χ4n) is 1.92. The Labute approximate surface area is 97.3 Å². The van der Waals surface area contributed by atoms with Crippen LogP contribution in [-0.4, -0.2) is 9.38 Å². The molecule has 0 amide bonds. The van der Waals surface area contributed by atoms with E-state index in [0.717, 1.165) is 5.52 Å². The number of fused-ring (bicyclic) bond motifs is 1. The third-order valence-corrected chi connectivity index (χ3v) is 2.79. The third kappa shape index (κ3) is 1.45. The van der Waals surface area contributed by atoms with Crippen molar-refractivity contribution in [1.82, 2.24) is 9.38 Å². The van der Waals surface area contributed by atoms with E-state index in [-0.39, 0.29) is 5.82 Å². The van der Waals surface area contributed by atoms with Crippen LogP contribution in [0.15, 0.2) is 48.9 Å². The van der Waals surface area contributed by atoms with E-state index in [1.54, 1.807) is 35.1 Å². The fourth-order valence-corrected chi connectivity index (χ4v) is 1.92. The van der Waals surface area contributed by atoms with Crippen LogP contribution in [0.4, 0.5) is 10.2 Å². The molecule has 3 rings (SSSR count). The van der Waals surface area contributed by atoms with Crippen molar-refractivity contribution in [3.05, 3.63) is 54.7 Å². The predicted octanol–water partition coefficient (Wildman–Crippen LogP) is 2.72. The van der Waals surface area contributed by atoms with Gasteiger partial charge in [-0.3, -0.25) is 4.40 Å². The zero-order chi connectivity index (χ0) is 11.8. The van der Waals surface area contributed by atoms with Gasteiger partial charge < -0.3 is 5.73 Å². The maximum atomic E-state index is 13.7. The second kappa shape index (κ2) is 3.59. The minimum atomic E-state index is -0.279. The van der Waals surface area contributed by atoms with Gasteiger partial charge in [0.15, 0.2) is 0 Å². The van der Waals surface area contributed by atoms with Crippen LogP contribution in [0, 0.1) is 5.82 Å². The summed E-state index contributed by atoms with van der Waals surface area (Å²) in [5.74, 6) is 0.212. The number of halogens is 1. The molecule has 4 heteroatoms. The first-order chi connectivity index (χ1) is 8.27. The lowest BCUT2D eigenvalue weighted by Gasteiger charge is -2.08. The largest absolute Gasteiger partial charge is 0.384 e. The van der Waals surface area contributed by atoms with Crippen LogP contribution < -0.4 is 5.73 Å². The summed E-state index contributed by atoms with van der Waals surface area (Å²) in [6.07, 6.45) is 3.33. The number of hydrogen-bond donors (Lipinski definition) is 1. The molecule has 0 spiro atoms. The van der Waals surface area contributed by atoms with Gasteiger partial charge in [-0.25, -0.2) is 9.37 Å².